The summed E-state index contributed by atoms with van der Waals surface area (Å²) in [6.45, 7) is 1.84. The van der Waals surface area contributed by atoms with Gasteiger partial charge < -0.3 is 5.32 Å². The number of carbonyl (C=O) groups is 1. The molecule has 106 valence electrons. The predicted molar refractivity (Wildman–Crippen MR) is 73.2 cm³/mol. The first kappa shape index (κ1) is 15.4. The molecule has 0 atom stereocenters. The molecule has 1 amide bonds. The molecule has 0 fully saturated rings. The van der Waals surface area contributed by atoms with Crippen LogP contribution in [0.5, 0.6) is 0 Å². The minimum absolute atomic E-state index is 0.145. The molecular formula is C12H17FN2O3S. The lowest BCUT2D eigenvalue weighted by Crippen LogP contribution is -2.26. The summed E-state index contributed by atoms with van der Waals surface area (Å²) in [5.41, 5.74) is 0.375. The molecule has 0 aliphatic carbocycles. The number of nitrogens with one attached hydrogen (secondary N) is 1. The molecule has 1 aromatic rings. The van der Waals surface area contributed by atoms with Crippen molar-refractivity contribution in [2.45, 2.75) is 19.8 Å². The van der Waals surface area contributed by atoms with Crippen molar-refractivity contribution in [2.24, 2.45) is 0 Å². The van der Waals surface area contributed by atoms with E-state index < -0.39 is 15.8 Å². The van der Waals surface area contributed by atoms with Gasteiger partial charge in [-0.1, -0.05) is 6.92 Å². The van der Waals surface area contributed by atoms with Crippen molar-refractivity contribution in [3.63, 3.8) is 0 Å². The Hall–Kier alpha value is -1.63. The van der Waals surface area contributed by atoms with Crippen molar-refractivity contribution in [3.8, 4) is 0 Å². The summed E-state index contributed by atoms with van der Waals surface area (Å²) in [5.74, 6) is -0.825. The van der Waals surface area contributed by atoms with Crippen LogP contribution in [0.2, 0.25) is 0 Å². The molecule has 0 radical (unpaired) electrons. The van der Waals surface area contributed by atoms with E-state index >= 15 is 0 Å². The van der Waals surface area contributed by atoms with Gasteiger partial charge in [-0.25, -0.2) is 12.8 Å². The van der Waals surface area contributed by atoms with E-state index in [0.29, 0.717) is 12.8 Å². The molecule has 0 aromatic heterocycles. The largest absolute Gasteiger partial charge is 0.324 e. The minimum Gasteiger partial charge on any atom is -0.324 e. The van der Waals surface area contributed by atoms with Crippen LogP contribution < -0.4 is 9.62 Å². The Morgan fingerprint density at radius 2 is 2.05 bits per heavy atom. The van der Waals surface area contributed by atoms with Crippen LogP contribution >= 0.6 is 0 Å². The van der Waals surface area contributed by atoms with Gasteiger partial charge in [-0.05, 0) is 24.6 Å². The topological polar surface area (TPSA) is 66.5 Å². The van der Waals surface area contributed by atoms with E-state index in [-0.39, 0.29) is 17.3 Å². The van der Waals surface area contributed by atoms with Crippen molar-refractivity contribution in [3.05, 3.63) is 24.0 Å². The highest BCUT2D eigenvalue weighted by molar-refractivity contribution is 7.92. The second kappa shape index (κ2) is 6.01. The number of amides is 1. The zero-order chi connectivity index (χ0) is 14.6. The number of halogens is 1. The van der Waals surface area contributed by atoms with Gasteiger partial charge in [0.2, 0.25) is 15.9 Å². The van der Waals surface area contributed by atoms with Crippen LogP contribution in [-0.4, -0.2) is 27.6 Å². The second-order valence-corrected chi connectivity index (χ2v) is 6.20. The maximum Gasteiger partial charge on any atom is 0.232 e. The molecule has 1 rings (SSSR count). The molecular weight excluding hydrogens is 271 g/mol. The number of hydrogen-bond acceptors (Lipinski definition) is 3. The van der Waals surface area contributed by atoms with Gasteiger partial charge in [-0.15, -0.1) is 0 Å². The number of benzene rings is 1. The highest BCUT2D eigenvalue weighted by atomic mass is 32.2. The first-order valence-corrected chi connectivity index (χ1v) is 7.64. The summed E-state index contributed by atoms with van der Waals surface area (Å²) in [4.78, 5) is 11.5. The lowest BCUT2D eigenvalue weighted by atomic mass is 10.2. The summed E-state index contributed by atoms with van der Waals surface area (Å²) in [6, 6.07) is 3.56. The van der Waals surface area contributed by atoms with Crippen molar-refractivity contribution < 1.29 is 17.6 Å². The van der Waals surface area contributed by atoms with Crippen LogP contribution in [0.4, 0.5) is 15.8 Å². The van der Waals surface area contributed by atoms with E-state index in [1.807, 2.05) is 6.92 Å². The number of carbonyl (C=O) groups excluding carboxylic acids is 1. The van der Waals surface area contributed by atoms with Gasteiger partial charge in [0.15, 0.2) is 0 Å². The highest BCUT2D eigenvalue weighted by Crippen LogP contribution is 2.27. The molecule has 19 heavy (non-hydrogen) atoms. The normalized spacial score (nSPS) is 11.2. The van der Waals surface area contributed by atoms with E-state index in [9.17, 15) is 17.6 Å². The zero-order valence-electron chi connectivity index (χ0n) is 11.1. The maximum atomic E-state index is 13.2. The lowest BCUT2D eigenvalue weighted by molar-refractivity contribution is -0.116. The summed E-state index contributed by atoms with van der Waals surface area (Å²) in [6.07, 6.45) is 1.98. The standard InChI is InChI=1S/C12H17FN2O3S/c1-4-5-12(16)14-10-8-9(13)6-7-11(10)15(2)19(3,17)18/h6-8H,4-5H2,1-3H3,(H,14,16). The predicted octanol–water partition coefficient (Wildman–Crippen LogP) is 1.96. The number of sulfonamides is 1. The van der Waals surface area contributed by atoms with Crippen LogP contribution in [0.3, 0.4) is 0 Å². The molecule has 5 nitrogen and oxygen atoms in total. The molecule has 7 heteroatoms. The van der Waals surface area contributed by atoms with Crippen LogP contribution in [-0.2, 0) is 14.8 Å². The Morgan fingerprint density at radius 3 is 2.58 bits per heavy atom. The van der Waals surface area contributed by atoms with Crippen LogP contribution in [0.15, 0.2) is 18.2 Å². The van der Waals surface area contributed by atoms with E-state index in [1.165, 1.54) is 13.1 Å². The number of anilines is 2. The van der Waals surface area contributed by atoms with Crippen molar-refractivity contribution >= 4 is 27.3 Å². The van der Waals surface area contributed by atoms with Crippen LogP contribution in [0.25, 0.3) is 0 Å². The van der Waals surface area contributed by atoms with Crippen LogP contribution in [0, 0.1) is 5.82 Å². The summed E-state index contributed by atoms with van der Waals surface area (Å²) in [7, 11) is -2.13. The van der Waals surface area contributed by atoms with Gasteiger partial charge in [0.1, 0.15) is 5.82 Å². The molecule has 0 unspecified atom stereocenters. The van der Waals surface area contributed by atoms with E-state index in [4.69, 9.17) is 0 Å². The Morgan fingerprint density at radius 1 is 1.42 bits per heavy atom. The maximum absolute atomic E-state index is 13.2. The molecule has 0 saturated heterocycles. The third kappa shape index (κ3) is 4.20. The molecule has 0 heterocycles. The third-order valence-electron chi connectivity index (χ3n) is 2.55. The molecule has 1 aromatic carbocycles. The van der Waals surface area contributed by atoms with Gasteiger partial charge in [-0.2, -0.15) is 0 Å². The first-order valence-electron chi connectivity index (χ1n) is 5.79. The van der Waals surface area contributed by atoms with Crippen molar-refractivity contribution in [1.29, 1.82) is 0 Å². The monoisotopic (exact) mass is 288 g/mol. The van der Waals surface area contributed by atoms with Gasteiger partial charge in [-0.3, -0.25) is 9.10 Å². The first-order chi connectivity index (χ1) is 8.75. The van der Waals surface area contributed by atoms with Gasteiger partial charge >= 0.3 is 0 Å². The van der Waals surface area contributed by atoms with E-state index in [0.717, 1.165) is 22.7 Å². The summed E-state index contributed by atoms with van der Waals surface area (Å²) >= 11 is 0. The van der Waals surface area contributed by atoms with E-state index in [1.54, 1.807) is 0 Å². The fourth-order valence-electron chi connectivity index (χ4n) is 1.50. The molecule has 0 saturated carbocycles. The number of nitrogens with zero attached hydrogens (tertiary/aromatic N) is 1. The van der Waals surface area contributed by atoms with Gasteiger partial charge in [0.05, 0.1) is 17.6 Å². The molecule has 0 aliphatic heterocycles. The molecule has 0 spiro atoms. The fourth-order valence-corrected chi connectivity index (χ4v) is 2.02. The zero-order valence-corrected chi connectivity index (χ0v) is 11.9. The smallest absolute Gasteiger partial charge is 0.232 e. The minimum atomic E-state index is -3.48. The quantitative estimate of drug-likeness (QED) is 0.900. The Bertz CT molecular complexity index is 572. The SMILES string of the molecule is CCCC(=O)Nc1cc(F)ccc1N(C)S(C)(=O)=O. The average molecular weight is 288 g/mol. The Labute approximate surface area is 112 Å². The van der Waals surface area contributed by atoms with Crippen molar-refractivity contribution in [1.82, 2.24) is 0 Å². The molecule has 0 aliphatic rings. The molecule has 1 N–H and O–H groups in total. The Balaban J connectivity index is 3.15. The molecule has 0 bridgehead atoms. The fraction of sp³-hybridized carbons (Fsp3) is 0.417. The number of rotatable bonds is 5. The summed E-state index contributed by atoms with van der Waals surface area (Å²) < 4.78 is 37.2. The Kier molecular flexibility index (Phi) is 4.88. The highest BCUT2D eigenvalue weighted by Gasteiger charge is 2.17. The second-order valence-electron chi connectivity index (χ2n) is 4.19. The van der Waals surface area contributed by atoms with E-state index in [2.05, 4.69) is 5.32 Å². The average Bonchev–Trinajstić information content (AvgIpc) is 2.27. The van der Waals surface area contributed by atoms with Crippen LogP contribution in [0.1, 0.15) is 19.8 Å². The lowest BCUT2D eigenvalue weighted by Gasteiger charge is -2.20. The number of hydrogen-bond donors (Lipinski definition) is 1. The summed E-state index contributed by atoms with van der Waals surface area (Å²) in [5, 5.41) is 2.52. The van der Waals surface area contributed by atoms with Gasteiger partial charge in [0.25, 0.3) is 0 Å². The third-order valence-corrected chi connectivity index (χ3v) is 3.74. The van der Waals surface area contributed by atoms with Gasteiger partial charge in [0, 0.05) is 13.5 Å². The van der Waals surface area contributed by atoms with Crippen molar-refractivity contribution in [2.75, 3.05) is 22.9 Å².